The van der Waals surface area contributed by atoms with Gasteiger partial charge in [-0.25, -0.2) is 0 Å². The summed E-state index contributed by atoms with van der Waals surface area (Å²) in [6.45, 7) is 5.81. The number of furan rings is 1. The van der Waals surface area contributed by atoms with E-state index in [2.05, 4.69) is 32.2 Å². The van der Waals surface area contributed by atoms with Crippen LogP contribution in [0.3, 0.4) is 0 Å². The Morgan fingerprint density at radius 2 is 1.88 bits per heavy atom. The summed E-state index contributed by atoms with van der Waals surface area (Å²) >= 11 is 5.95. The lowest BCUT2D eigenvalue weighted by atomic mass is 10.2. The number of piperazine rings is 1. The van der Waals surface area contributed by atoms with Crippen molar-refractivity contribution in [2.45, 2.75) is 13.0 Å². The van der Waals surface area contributed by atoms with Gasteiger partial charge in [0.1, 0.15) is 5.76 Å². The topological polar surface area (TPSA) is 44.0 Å². The number of hydrogen-bond acceptors (Lipinski definition) is 3. The summed E-state index contributed by atoms with van der Waals surface area (Å²) in [5.74, 6) is 1.97. The average molecular weight is 489 g/mol. The number of halogens is 2. The van der Waals surface area contributed by atoms with Crippen LogP contribution >= 0.6 is 35.6 Å². The van der Waals surface area contributed by atoms with Gasteiger partial charge in [-0.05, 0) is 29.8 Å². The molecule has 142 valence electrons. The van der Waals surface area contributed by atoms with Gasteiger partial charge in [0.15, 0.2) is 5.96 Å². The zero-order chi connectivity index (χ0) is 17.5. The SMILES string of the molecule is CN=C(NCCc1ccco1)N1CCN(Cc2ccc(Cl)cc2)CC1.I. The fourth-order valence-corrected chi connectivity index (χ4v) is 3.18. The van der Waals surface area contributed by atoms with Crippen molar-refractivity contribution in [3.8, 4) is 0 Å². The highest BCUT2D eigenvalue weighted by atomic mass is 127. The molecule has 2 aromatic rings. The van der Waals surface area contributed by atoms with Crippen molar-refractivity contribution in [2.75, 3.05) is 39.8 Å². The first kappa shape index (κ1) is 21.1. The molecule has 5 nitrogen and oxygen atoms in total. The minimum absolute atomic E-state index is 0. The van der Waals surface area contributed by atoms with E-state index >= 15 is 0 Å². The lowest BCUT2D eigenvalue weighted by molar-refractivity contribution is 0.172. The molecule has 1 N–H and O–H groups in total. The molecule has 1 aromatic heterocycles. The molecule has 1 aliphatic heterocycles. The minimum atomic E-state index is 0. The van der Waals surface area contributed by atoms with Gasteiger partial charge in [0.05, 0.1) is 6.26 Å². The molecular weight excluding hydrogens is 463 g/mol. The van der Waals surface area contributed by atoms with Crippen LogP contribution in [-0.2, 0) is 13.0 Å². The predicted molar refractivity (Wildman–Crippen MR) is 117 cm³/mol. The van der Waals surface area contributed by atoms with Crippen LogP contribution in [0.5, 0.6) is 0 Å². The van der Waals surface area contributed by atoms with Crippen molar-refractivity contribution in [1.82, 2.24) is 15.1 Å². The standard InChI is InChI=1S/C19H25ClN4O.HI/c1-21-19(22-9-8-18-3-2-14-25-18)24-12-10-23(11-13-24)15-16-4-6-17(20)7-5-16;/h2-7,14H,8-13,15H2,1H3,(H,21,22);1H. The summed E-state index contributed by atoms with van der Waals surface area (Å²) in [5, 5.41) is 4.22. The normalized spacial score (nSPS) is 15.6. The van der Waals surface area contributed by atoms with Crippen molar-refractivity contribution in [2.24, 2.45) is 4.99 Å². The molecule has 3 rings (SSSR count). The van der Waals surface area contributed by atoms with Crippen molar-refractivity contribution >= 4 is 41.5 Å². The van der Waals surface area contributed by atoms with E-state index in [4.69, 9.17) is 16.0 Å². The lowest BCUT2D eigenvalue weighted by Gasteiger charge is -2.36. The predicted octanol–water partition coefficient (Wildman–Crippen LogP) is 3.49. The Balaban J connectivity index is 0.00000243. The third kappa shape index (κ3) is 6.17. The van der Waals surface area contributed by atoms with E-state index in [0.717, 1.165) is 62.4 Å². The average Bonchev–Trinajstić information content (AvgIpc) is 3.15. The molecular formula is C19H26ClIN4O. The van der Waals surface area contributed by atoms with Crippen LogP contribution in [0, 0.1) is 0 Å². The first-order chi connectivity index (χ1) is 12.2. The van der Waals surface area contributed by atoms with Gasteiger partial charge in [0, 0.05) is 57.8 Å². The summed E-state index contributed by atoms with van der Waals surface area (Å²) in [5.41, 5.74) is 1.30. The van der Waals surface area contributed by atoms with Gasteiger partial charge in [-0.2, -0.15) is 0 Å². The molecule has 0 aliphatic carbocycles. The number of nitrogens with one attached hydrogen (secondary N) is 1. The molecule has 2 heterocycles. The maximum absolute atomic E-state index is 5.95. The Hall–Kier alpha value is -1.25. The molecule has 26 heavy (non-hydrogen) atoms. The number of benzene rings is 1. The van der Waals surface area contributed by atoms with Crippen LogP contribution in [0.4, 0.5) is 0 Å². The summed E-state index contributed by atoms with van der Waals surface area (Å²) in [4.78, 5) is 9.21. The quantitative estimate of drug-likeness (QED) is 0.398. The Labute approximate surface area is 177 Å². The maximum atomic E-state index is 5.95. The highest BCUT2D eigenvalue weighted by Crippen LogP contribution is 2.13. The van der Waals surface area contributed by atoms with E-state index in [1.165, 1.54) is 5.56 Å². The fourth-order valence-electron chi connectivity index (χ4n) is 3.05. The van der Waals surface area contributed by atoms with Crippen LogP contribution in [-0.4, -0.2) is 55.5 Å². The molecule has 0 radical (unpaired) electrons. The van der Waals surface area contributed by atoms with E-state index in [1.807, 2.05) is 31.3 Å². The molecule has 0 unspecified atom stereocenters. The smallest absolute Gasteiger partial charge is 0.193 e. The largest absolute Gasteiger partial charge is 0.469 e. The zero-order valence-electron chi connectivity index (χ0n) is 15.0. The Morgan fingerprint density at radius 1 is 1.15 bits per heavy atom. The molecule has 1 aromatic carbocycles. The first-order valence-corrected chi connectivity index (χ1v) is 9.07. The van der Waals surface area contributed by atoms with E-state index in [1.54, 1.807) is 6.26 Å². The lowest BCUT2D eigenvalue weighted by Crippen LogP contribution is -2.52. The van der Waals surface area contributed by atoms with Crippen LogP contribution in [0.2, 0.25) is 5.02 Å². The van der Waals surface area contributed by atoms with Gasteiger partial charge >= 0.3 is 0 Å². The van der Waals surface area contributed by atoms with Gasteiger partial charge in [0.2, 0.25) is 0 Å². The molecule has 0 atom stereocenters. The van der Waals surface area contributed by atoms with E-state index in [0.29, 0.717) is 0 Å². The number of aliphatic imine (C=N–C) groups is 1. The summed E-state index contributed by atoms with van der Waals surface area (Å²) in [6, 6.07) is 12.0. The van der Waals surface area contributed by atoms with Gasteiger partial charge in [-0.15, -0.1) is 24.0 Å². The minimum Gasteiger partial charge on any atom is -0.469 e. The van der Waals surface area contributed by atoms with Gasteiger partial charge in [-0.3, -0.25) is 9.89 Å². The zero-order valence-corrected chi connectivity index (χ0v) is 18.1. The van der Waals surface area contributed by atoms with Crippen LogP contribution in [0.15, 0.2) is 52.1 Å². The van der Waals surface area contributed by atoms with Crippen LogP contribution < -0.4 is 5.32 Å². The Bertz CT molecular complexity index is 667. The fraction of sp³-hybridized carbons (Fsp3) is 0.421. The van der Waals surface area contributed by atoms with Gasteiger partial charge in [-0.1, -0.05) is 23.7 Å². The summed E-state index contributed by atoms with van der Waals surface area (Å²) in [7, 11) is 1.84. The second kappa shape index (κ2) is 10.8. The van der Waals surface area contributed by atoms with Crippen LogP contribution in [0.1, 0.15) is 11.3 Å². The van der Waals surface area contributed by atoms with Gasteiger partial charge in [0.25, 0.3) is 0 Å². The first-order valence-electron chi connectivity index (χ1n) is 8.69. The molecule has 7 heteroatoms. The third-order valence-corrected chi connectivity index (χ3v) is 4.69. The summed E-state index contributed by atoms with van der Waals surface area (Å²) < 4.78 is 5.36. The number of guanidine groups is 1. The van der Waals surface area contributed by atoms with E-state index < -0.39 is 0 Å². The number of hydrogen-bond donors (Lipinski definition) is 1. The second-order valence-electron chi connectivity index (χ2n) is 6.19. The maximum Gasteiger partial charge on any atom is 0.193 e. The molecule has 0 saturated carbocycles. The molecule has 1 fully saturated rings. The van der Waals surface area contributed by atoms with E-state index in [9.17, 15) is 0 Å². The number of rotatable bonds is 5. The third-order valence-electron chi connectivity index (χ3n) is 4.44. The second-order valence-corrected chi connectivity index (χ2v) is 6.63. The van der Waals surface area contributed by atoms with Crippen molar-refractivity contribution in [3.05, 3.63) is 59.0 Å². The summed E-state index contributed by atoms with van der Waals surface area (Å²) in [6.07, 6.45) is 2.58. The molecule has 0 bridgehead atoms. The van der Waals surface area contributed by atoms with E-state index in [-0.39, 0.29) is 24.0 Å². The molecule has 0 amide bonds. The number of nitrogens with zero attached hydrogens (tertiary/aromatic N) is 3. The highest BCUT2D eigenvalue weighted by Gasteiger charge is 2.19. The Kier molecular flexibility index (Phi) is 8.74. The Morgan fingerprint density at radius 3 is 2.50 bits per heavy atom. The highest BCUT2D eigenvalue weighted by molar-refractivity contribution is 14.0. The van der Waals surface area contributed by atoms with Crippen LogP contribution in [0.25, 0.3) is 0 Å². The monoisotopic (exact) mass is 488 g/mol. The van der Waals surface area contributed by atoms with Gasteiger partial charge < -0.3 is 14.6 Å². The molecule has 0 spiro atoms. The van der Waals surface area contributed by atoms with Crippen molar-refractivity contribution in [1.29, 1.82) is 0 Å². The van der Waals surface area contributed by atoms with Crippen molar-refractivity contribution < 1.29 is 4.42 Å². The molecule has 1 saturated heterocycles. The molecule has 1 aliphatic rings. The van der Waals surface area contributed by atoms with Crippen molar-refractivity contribution in [3.63, 3.8) is 0 Å².